The van der Waals surface area contributed by atoms with Gasteiger partial charge in [0.05, 0.1) is 18.5 Å². The summed E-state index contributed by atoms with van der Waals surface area (Å²) in [7, 11) is 0. The van der Waals surface area contributed by atoms with Gasteiger partial charge in [-0.2, -0.15) is 0 Å². The number of aromatic nitrogens is 1. The summed E-state index contributed by atoms with van der Waals surface area (Å²) in [6.07, 6.45) is 2.85. The van der Waals surface area contributed by atoms with Crippen molar-refractivity contribution in [3.63, 3.8) is 0 Å². The highest BCUT2D eigenvalue weighted by Gasteiger charge is 2.00. The van der Waals surface area contributed by atoms with E-state index in [4.69, 9.17) is 4.74 Å². The summed E-state index contributed by atoms with van der Waals surface area (Å²) in [6.45, 7) is 5.65. The molecule has 0 spiro atoms. The number of aryl methyl sites for hydroxylation is 1. The number of rotatable bonds is 6. The normalized spacial score (nSPS) is 10.3. The maximum Gasteiger partial charge on any atom is 0.119 e. The van der Waals surface area contributed by atoms with Crippen molar-refractivity contribution < 1.29 is 4.74 Å². The van der Waals surface area contributed by atoms with Crippen molar-refractivity contribution in [1.82, 2.24) is 4.98 Å². The zero-order valence-electron chi connectivity index (χ0n) is 11.8. The Morgan fingerprint density at radius 2 is 2.15 bits per heavy atom. The van der Waals surface area contributed by atoms with Crippen molar-refractivity contribution in [3.8, 4) is 5.75 Å². The predicted molar refractivity (Wildman–Crippen MR) is 86.2 cm³/mol. The number of pyridine rings is 1. The van der Waals surface area contributed by atoms with Crippen LogP contribution in [0.4, 0.5) is 5.69 Å². The topological polar surface area (TPSA) is 34.1 Å². The van der Waals surface area contributed by atoms with E-state index >= 15 is 0 Å². The molecule has 0 unspecified atom stereocenters. The van der Waals surface area contributed by atoms with Gasteiger partial charge in [-0.1, -0.05) is 19.1 Å². The highest BCUT2D eigenvalue weighted by molar-refractivity contribution is 9.10. The SMILES string of the molecule is CCCOc1cccc(CNc2cnc(Br)c(C)c2)c1. The summed E-state index contributed by atoms with van der Waals surface area (Å²) in [5, 5.41) is 3.37. The molecule has 0 radical (unpaired) electrons. The number of hydrogen-bond acceptors (Lipinski definition) is 3. The molecule has 0 amide bonds. The Labute approximate surface area is 128 Å². The Balaban J connectivity index is 1.97. The molecule has 0 atom stereocenters. The Morgan fingerprint density at radius 1 is 1.30 bits per heavy atom. The van der Waals surface area contributed by atoms with Gasteiger partial charge in [-0.25, -0.2) is 4.98 Å². The van der Waals surface area contributed by atoms with Crippen molar-refractivity contribution in [2.45, 2.75) is 26.8 Å². The number of ether oxygens (including phenoxy) is 1. The molecule has 0 aliphatic rings. The molecule has 106 valence electrons. The van der Waals surface area contributed by atoms with Gasteiger partial charge in [-0.3, -0.25) is 0 Å². The van der Waals surface area contributed by atoms with Crippen molar-refractivity contribution in [3.05, 3.63) is 52.3 Å². The Hall–Kier alpha value is -1.55. The minimum absolute atomic E-state index is 0.756. The third-order valence-corrected chi connectivity index (χ3v) is 3.71. The van der Waals surface area contributed by atoms with Crippen molar-refractivity contribution in [2.24, 2.45) is 0 Å². The average molecular weight is 335 g/mol. The summed E-state index contributed by atoms with van der Waals surface area (Å²) < 4.78 is 6.52. The highest BCUT2D eigenvalue weighted by Crippen LogP contribution is 2.18. The quantitative estimate of drug-likeness (QED) is 0.786. The van der Waals surface area contributed by atoms with E-state index in [2.05, 4.69) is 51.4 Å². The molecule has 0 saturated carbocycles. The zero-order chi connectivity index (χ0) is 14.4. The molecule has 20 heavy (non-hydrogen) atoms. The fraction of sp³-hybridized carbons (Fsp3) is 0.312. The fourth-order valence-electron chi connectivity index (χ4n) is 1.82. The van der Waals surface area contributed by atoms with Gasteiger partial charge in [0.15, 0.2) is 0 Å². The summed E-state index contributed by atoms with van der Waals surface area (Å²) in [6, 6.07) is 10.2. The van der Waals surface area contributed by atoms with E-state index in [0.29, 0.717) is 0 Å². The molecule has 0 bridgehead atoms. The molecule has 1 heterocycles. The number of nitrogens with one attached hydrogen (secondary N) is 1. The monoisotopic (exact) mass is 334 g/mol. The molecular formula is C16H19BrN2O. The van der Waals surface area contributed by atoms with Gasteiger partial charge in [-0.05, 0) is 58.6 Å². The maximum atomic E-state index is 5.64. The molecule has 0 fully saturated rings. The van der Waals surface area contributed by atoms with Gasteiger partial charge in [0.1, 0.15) is 10.4 Å². The Morgan fingerprint density at radius 3 is 2.90 bits per heavy atom. The summed E-state index contributed by atoms with van der Waals surface area (Å²) in [5.74, 6) is 0.927. The van der Waals surface area contributed by atoms with Crippen LogP contribution in [0.1, 0.15) is 24.5 Å². The van der Waals surface area contributed by atoms with E-state index in [1.54, 1.807) is 0 Å². The van der Waals surface area contributed by atoms with Gasteiger partial charge in [0.25, 0.3) is 0 Å². The van der Waals surface area contributed by atoms with Gasteiger partial charge in [-0.15, -0.1) is 0 Å². The van der Waals surface area contributed by atoms with Crippen LogP contribution in [0.25, 0.3) is 0 Å². The standard InChI is InChI=1S/C16H19BrN2O/c1-3-7-20-15-6-4-5-13(9-15)10-18-14-8-12(2)16(17)19-11-14/h4-6,8-9,11,18H,3,7,10H2,1-2H3. The van der Waals surface area contributed by atoms with Crippen LogP contribution < -0.4 is 10.1 Å². The van der Waals surface area contributed by atoms with Crippen LogP contribution in [0.3, 0.4) is 0 Å². The first kappa shape index (κ1) is 14.9. The molecule has 0 saturated heterocycles. The number of hydrogen-bond donors (Lipinski definition) is 1. The largest absolute Gasteiger partial charge is 0.494 e. The van der Waals surface area contributed by atoms with Crippen LogP contribution in [0.15, 0.2) is 41.1 Å². The first-order chi connectivity index (χ1) is 9.69. The number of anilines is 1. The summed E-state index contributed by atoms with van der Waals surface area (Å²) in [5.41, 5.74) is 3.33. The molecule has 1 N–H and O–H groups in total. The minimum atomic E-state index is 0.756. The average Bonchev–Trinajstić information content (AvgIpc) is 2.47. The third-order valence-electron chi connectivity index (χ3n) is 2.88. The van der Waals surface area contributed by atoms with Crippen LogP contribution in [0.2, 0.25) is 0 Å². The van der Waals surface area contributed by atoms with E-state index in [1.165, 1.54) is 5.56 Å². The molecule has 2 rings (SSSR count). The van der Waals surface area contributed by atoms with E-state index in [9.17, 15) is 0 Å². The van der Waals surface area contributed by atoms with Crippen LogP contribution in [-0.4, -0.2) is 11.6 Å². The van der Waals surface area contributed by atoms with Gasteiger partial charge >= 0.3 is 0 Å². The lowest BCUT2D eigenvalue weighted by Crippen LogP contribution is -2.01. The smallest absolute Gasteiger partial charge is 0.119 e. The van der Waals surface area contributed by atoms with Crippen molar-refractivity contribution in [2.75, 3.05) is 11.9 Å². The second-order valence-electron chi connectivity index (χ2n) is 4.68. The maximum absolute atomic E-state index is 5.64. The first-order valence-corrected chi connectivity index (χ1v) is 7.56. The summed E-state index contributed by atoms with van der Waals surface area (Å²) in [4.78, 5) is 4.28. The van der Waals surface area contributed by atoms with E-state index < -0.39 is 0 Å². The Bertz CT molecular complexity index is 572. The van der Waals surface area contributed by atoms with Crippen LogP contribution in [0, 0.1) is 6.92 Å². The lowest BCUT2D eigenvalue weighted by Gasteiger charge is -2.10. The number of nitrogens with zero attached hydrogens (tertiary/aromatic N) is 1. The van der Waals surface area contributed by atoms with Gasteiger partial charge in [0.2, 0.25) is 0 Å². The predicted octanol–water partition coefficient (Wildman–Crippen LogP) is 4.55. The number of halogens is 1. The van der Waals surface area contributed by atoms with Crippen LogP contribution in [0.5, 0.6) is 5.75 Å². The highest BCUT2D eigenvalue weighted by atomic mass is 79.9. The molecule has 4 heteroatoms. The summed E-state index contributed by atoms with van der Waals surface area (Å²) >= 11 is 3.40. The first-order valence-electron chi connectivity index (χ1n) is 6.77. The van der Waals surface area contributed by atoms with Gasteiger partial charge in [0, 0.05) is 6.54 Å². The van der Waals surface area contributed by atoms with Crippen molar-refractivity contribution in [1.29, 1.82) is 0 Å². The second-order valence-corrected chi connectivity index (χ2v) is 5.43. The molecule has 0 aliphatic carbocycles. The molecule has 1 aromatic heterocycles. The lowest BCUT2D eigenvalue weighted by atomic mass is 10.2. The third kappa shape index (κ3) is 4.23. The van der Waals surface area contributed by atoms with E-state index in [0.717, 1.165) is 41.2 Å². The molecule has 0 aliphatic heterocycles. The van der Waals surface area contributed by atoms with Crippen LogP contribution >= 0.6 is 15.9 Å². The molecule has 3 nitrogen and oxygen atoms in total. The lowest BCUT2D eigenvalue weighted by molar-refractivity contribution is 0.317. The molecular weight excluding hydrogens is 316 g/mol. The zero-order valence-corrected chi connectivity index (χ0v) is 13.4. The van der Waals surface area contributed by atoms with Crippen LogP contribution in [-0.2, 0) is 6.54 Å². The second kappa shape index (κ2) is 7.29. The van der Waals surface area contributed by atoms with E-state index in [-0.39, 0.29) is 0 Å². The molecule has 2 aromatic rings. The number of benzene rings is 1. The fourth-order valence-corrected chi connectivity index (χ4v) is 2.04. The van der Waals surface area contributed by atoms with Gasteiger partial charge < -0.3 is 10.1 Å². The molecule has 1 aromatic carbocycles. The minimum Gasteiger partial charge on any atom is -0.494 e. The Kier molecular flexibility index (Phi) is 5.41. The van der Waals surface area contributed by atoms with E-state index in [1.807, 2.05) is 25.3 Å². The van der Waals surface area contributed by atoms with Crippen molar-refractivity contribution >= 4 is 21.6 Å².